The minimum Gasteiger partial charge on any atom is -0.475 e. The van der Waals surface area contributed by atoms with E-state index < -0.39 is 18.0 Å². The summed E-state index contributed by atoms with van der Waals surface area (Å²) < 4.78 is 18.3. The van der Waals surface area contributed by atoms with E-state index in [-0.39, 0.29) is 0 Å². The smallest absolute Gasteiger partial charge is 0.184 e. The van der Waals surface area contributed by atoms with E-state index in [0.717, 1.165) is 0 Å². The number of halogens is 1. The maximum absolute atomic E-state index is 13.0. The minimum atomic E-state index is -0.832. The zero-order valence-electron chi connectivity index (χ0n) is 9.27. The lowest BCUT2D eigenvalue weighted by atomic mass is 10.1. The Kier molecular flexibility index (Phi) is 4.27. The molecule has 2 atom stereocenters. The molecular formula is C12H14FNO2. The van der Waals surface area contributed by atoms with E-state index in [4.69, 9.17) is 10.00 Å². The molecule has 0 saturated heterocycles. The summed E-state index contributed by atoms with van der Waals surface area (Å²) >= 11 is 0. The molecule has 1 N–H and O–H groups in total. The van der Waals surface area contributed by atoms with Gasteiger partial charge in [0.05, 0.1) is 6.10 Å². The molecule has 0 aliphatic carbocycles. The first-order valence-corrected chi connectivity index (χ1v) is 5.12. The number of aliphatic hydroxyl groups is 1. The van der Waals surface area contributed by atoms with Crippen molar-refractivity contribution < 1.29 is 14.2 Å². The van der Waals surface area contributed by atoms with Crippen LogP contribution in [0.5, 0.6) is 5.75 Å². The number of nitriles is 1. The summed E-state index contributed by atoms with van der Waals surface area (Å²) in [5.41, 5.74) is 0.355. The van der Waals surface area contributed by atoms with Crippen molar-refractivity contribution in [1.29, 1.82) is 5.26 Å². The lowest BCUT2D eigenvalue weighted by molar-refractivity contribution is 0.184. The fourth-order valence-electron chi connectivity index (χ4n) is 1.31. The van der Waals surface area contributed by atoms with Gasteiger partial charge in [-0.2, -0.15) is 5.26 Å². The highest BCUT2D eigenvalue weighted by atomic mass is 19.1. The third-order valence-corrected chi connectivity index (χ3v) is 2.21. The van der Waals surface area contributed by atoms with Crippen molar-refractivity contribution in [3.8, 4) is 11.8 Å². The maximum Gasteiger partial charge on any atom is 0.184 e. The molecule has 0 saturated carbocycles. The van der Waals surface area contributed by atoms with Crippen LogP contribution in [0.15, 0.2) is 18.2 Å². The molecule has 1 unspecified atom stereocenters. The highest BCUT2D eigenvalue weighted by Gasteiger charge is 2.14. The number of hydrogen-bond donors (Lipinski definition) is 1. The second kappa shape index (κ2) is 5.47. The zero-order valence-corrected chi connectivity index (χ0v) is 9.27. The molecule has 4 heteroatoms. The SMILES string of the molecule is CCC(C#N)Oc1ccc(F)cc1[C@@H](C)O. The molecule has 0 amide bonds. The Bertz CT molecular complexity index is 398. The van der Waals surface area contributed by atoms with Gasteiger partial charge < -0.3 is 9.84 Å². The van der Waals surface area contributed by atoms with E-state index in [0.29, 0.717) is 17.7 Å². The Morgan fingerprint density at radius 2 is 2.25 bits per heavy atom. The molecular weight excluding hydrogens is 209 g/mol. The van der Waals surface area contributed by atoms with E-state index in [1.807, 2.05) is 13.0 Å². The maximum atomic E-state index is 13.0. The Morgan fingerprint density at radius 3 is 2.75 bits per heavy atom. The van der Waals surface area contributed by atoms with Gasteiger partial charge in [0.15, 0.2) is 6.10 Å². The number of rotatable bonds is 4. The van der Waals surface area contributed by atoms with Gasteiger partial charge in [-0.3, -0.25) is 0 Å². The van der Waals surface area contributed by atoms with Crippen LogP contribution in [-0.4, -0.2) is 11.2 Å². The monoisotopic (exact) mass is 223 g/mol. The van der Waals surface area contributed by atoms with E-state index >= 15 is 0 Å². The van der Waals surface area contributed by atoms with Crippen molar-refractivity contribution in [3.63, 3.8) is 0 Å². The molecule has 86 valence electrons. The first-order chi connectivity index (χ1) is 7.58. The van der Waals surface area contributed by atoms with Crippen LogP contribution in [0.4, 0.5) is 4.39 Å². The highest BCUT2D eigenvalue weighted by molar-refractivity contribution is 5.36. The molecule has 1 aromatic carbocycles. The van der Waals surface area contributed by atoms with E-state index in [1.54, 1.807) is 0 Å². The van der Waals surface area contributed by atoms with Gasteiger partial charge in [-0.05, 0) is 31.5 Å². The summed E-state index contributed by atoms with van der Waals surface area (Å²) in [4.78, 5) is 0. The Hall–Kier alpha value is -1.60. The van der Waals surface area contributed by atoms with Gasteiger partial charge in [0.25, 0.3) is 0 Å². The zero-order chi connectivity index (χ0) is 12.1. The number of ether oxygens (including phenoxy) is 1. The predicted molar refractivity (Wildman–Crippen MR) is 57.4 cm³/mol. The average molecular weight is 223 g/mol. The van der Waals surface area contributed by atoms with Crippen molar-refractivity contribution in [1.82, 2.24) is 0 Å². The topological polar surface area (TPSA) is 53.2 Å². The molecule has 0 spiro atoms. The molecule has 16 heavy (non-hydrogen) atoms. The van der Waals surface area contributed by atoms with Gasteiger partial charge in [0.2, 0.25) is 0 Å². The van der Waals surface area contributed by atoms with Crippen LogP contribution in [-0.2, 0) is 0 Å². The van der Waals surface area contributed by atoms with Gasteiger partial charge >= 0.3 is 0 Å². The normalized spacial score (nSPS) is 13.9. The van der Waals surface area contributed by atoms with Crippen LogP contribution in [0.3, 0.4) is 0 Å². The van der Waals surface area contributed by atoms with Gasteiger partial charge in [-0.15, -0.1) is 0 Å². The Morgan fingerprint density at radius 1 is 1.56 bits per heavy atom. The van der Waals surface area contributed by atoms with Crippen LogP contribution in [0.2, 0.25) is 0 Å². The standard InChI is InChI=1S/C12H14FNO2/c1-3-10(7-14)16-12-5-4-9(13)6-11(12)8(2)15/h4-6,8,10,15H,3H2,1-2H3/t8-,10?/m1/s1. The molecule has 0 aliphatic rings. The van der Waals surface area contributed by atoms with Crippen molar-refractivity contribution in [2.75, 3.05) is 0 Å². The summed E-state index contributed by atoms with van der Waals surface area (Å²) in [7, 11) is 0. The lowest BCUT2D eigenvalue weighted by Crippen LogP contribution is -2.14. The number of benzene rings is 1. The highest BCUT2D eigenvalue weighted by Crippen LogP contribution is 2.27. The molecule has 0 fully saturated rings. The molecule has 0 bridgehead atoms. The largest absolute Gasteiger partial charge is 0.475 e. The first-order valence-electron chi connectivity index (χ1n) is 5.12. The third kappa shape index (κ3) is 2.94. The summed E-state index contributed by atoms with van der Waals surface area (Å²) in [5, 5.41) is 18.2. The fraction of sp³-hybridized carbons (Fsp3) is 0.417. The second-order valence-electron chi connectivity index (χ2n) is 3.50. The van der Waals surface area contributed by atoms with Crippen LogP contribution in [0, 0.1) is 17.1 Å². The van der Waals surface area contributed by atoms with Gasteiger partial charge in [-0.1, -0.05) is 6.92 Å². The number of aliphatic hydroxyl groups excluding tert-OH is 1. The van der Waals surface area contributed by atoms with Gasteiger partial charge in [0, 0.05) is 5.56 Å². The van der Waals surface area contributed by atoms with Crippen molar-refractivity contribution in [2.24, 2.45) is 0 Å². The minimum absolute atomic E-state index is 0.352. The number of nitrogens with zero attached hydrogens (tertiary/aromatic N) is 1. The van der Waals surface area contributed by atoms with Crippen LogP contribution in [0.25, 0.3) is 0 Å². The van der Waals surface area contributed by atoms with Crippen molar-refractivity contribution in [3.05, 3.63) is 29.6 Å². The molecule has 3 nitrogen and oxygen atoms in total. The predicted octanol–water partition coefficient (Wildman–Crippen LogP) is 2.56. The summed E-state index contributed by atoms with van der Waals surface area (Å²) in [6, 6.07) is 5.87. The van der Waals surface area contributed by atoms with E-state index in [2.05, 4.69) is 0 Å². The van der Waals surface area contributed by atoms with Crippen LogP contribution >= 0.6 is 0 Å². The summed E-state index contributed by atoms with van der Waals surface area (Å²) in [6.07, 6.45) is -0.877. The quantitative estimate of drug-likeness (QED) is 0.853. The lowest BCUT2D eigenvalue weighted by Gasteiger charge is -2.15. The van der Waals surface area contributed by atoms with Gasteiger partial charge in [-0.25, -0.2) is 4.39 Å². The van der Waals surface area contributed by atoms with Crippen molar-refractivity contribution in [2.45, 2.75) is 32.5 Å². The molecule has 0 heterocycles. The first kappa shape index (κ1) is 12.5. The fourth-order valence-corrected chi connectivity index (χ4v) is 1.31. The Balaban J connectivity index is 3.00. The molecule has 0 aromatic heterocycles. The molecule has 1 aromatic rings. The molecule has 1 rings (SSSR count). The molecule has 0 aliphatic heterocycles. The number of hydrogen-bond acceptors (Lipinski definition) is 3. The van der Waals surface area contributed by atoms with Crippen LogP contribution < -0.4 is 4.74 Å². The Labute approximate surface area is 94.1 Å². The second-order valence-corrected chi connectivity index (χ2v) is 3.50. The van der Waals surface area contributed by atoms with Gasteiger partial charge in [0.1, 0.15) is 17.6 Å². The average Bonchev–Trinajstić information content (AvgIpc) is 2.27. The third-order valence-electron chi connectivity index (χ3n) is 2.21. The van der Waals surface area contributed by atoms with Crippen molar-refractivity contribution >= 4 is 0 Å². The van der Waals surface area contributed by atoms with E-state index in [1.165, 1.54) is 25.1 Å². The molecule has 0 radical (unpaired) electrons. The summed E-state index contributed by atoms with van der Waals surface area (Å²) in [5.74, 6) is -0.0851. The van der Waals surface area contributed by atoms with Crippen LogP contribution in [0.1, 0.15) is 31.9 Å². The van der Waals surface area contributed by atoms with E-state index in [9.17, 15) is 9.50 Å². The summed E-state index contributed by atoms with van der Waals surface area (Å²) in [6.45, 7) is 3.34.